The first-order valence-corrected chi connectivity index (χ1v) is 13.9. The second kappa shape index (κ2) is 11.1. The molecule has 0 saturated heterocycles. The van der Waals surface area contributed by atoms with Gasteiger partial charge in [-0.05, 0) is 79.8 Å². The maximum atomic E-state index is 14.1. The molecule has 9 heteroatoms. The number of benzene rings is 3. The molecule has 0 fully saturated rings. The second-order valence-electron chi connectivity index (χ2n) is 10.2. The van der Waals surface area contributed by atoms with E-state index >= 15 is 0 Å². The van der Waals surface area contributed by atoms with Crippen LogP contribution in [-0.2, 0) is 17.6 Å². The fourth-order valence-electron chi connectivity index (χ4n) is 5.69. The molecule has 41 heavy (non-hydrogen) atoms. The summed E-state index contributed by atoms with van der Waals surface area (Å²) in [4.78, 5) is 14.8. The quantitative estimate of drug-likeness (QED) is 0.312. The van der Waals surface area contributed by atoms with Crippen LogP contribution in [0.3, 0.4) is 0 Å². The zero-order valence-corrected chi connectivity index (χ0v) is 24.1. The van der Waals surface area contributed by atoms with Crippen LogP contribution in [0, 0.1) is 25.2 Å². The van der Waals surface area contributed by atoms with E-state index in [4.69, 9.17) is 10.5 Å². The summed E-state index contributed by atoms with van der Waals surface area (Å²) in [5, 5.41) is 10.4. The summed E-state index contributed by atoms with van der Waals surface area (Å²) in [5.74, 6) is -0.416. The average Bonchev–Trinajstić information content (AvgIpc) is 2.93. The summed E-state index contributed by atoms with van der Waals surface area (Å²) in [5.41, 5.74) is 9.57. The van der Waals surface area contributed by atoms with Gasteiger partial charge in [0.15, 0.2) is 5.78 Å². The predicted molar refractivity (Wildman–Crippen MR) is 154 cm³/mol. The molecule has 1 aliphatic carbocycles. The minimum Gasteiger partial charge on any atom is -0.489 e. The number of para-hydroxylation sites is 1. The fraction of sp³-hybridized carbons (Fsp3) is 0.250. The van der Waals surface area contributed by atoms with Gasteiger partial charge in [-0.1, -0.05) is 45.8 Å². The van der Waals surface area contributed by atoms with Crippen molar-refractivity contribution in [2.75, 3.05) is 4.90 Å². The highest BCUT2D eigenvalue weighted by atomic mass is 79.9. The van der Waals surface area contributed by atoms with Crippen LogP contribution >= 0.6 is 15.9 Å². The van der Waals surface area contributed by atoms with Gasteiger partial charge in [0.1, 0.15) is 18.2 Å². The van der Waals surface area contributed by atoms with Crippen molar-refractivity contribution in [1.82, 2.24) is 0 Å². The maximum absolute atomic E-state index is 14.1. The first-order valence-electron chi connectivity index (χ1n) is 13.1. The highest BCUT2D eigenvalue weighted by Gasteiger charge is 2.43. The van der Waals surface area contributed by atoms with E-state index in [1.54, 1.807) is 0 Å². The van der Waals surface area contributed by atoms with Crippen molar-refractivity contribution < 1.29 is 22.7 Å². The molecule has 5 nitrogen and oxygen atoms in total. The Balaban J connectivity index is 1.66. The highest BCUT2D eigenvalue weighted by molar-refractivity contribution is 9.10. The number of aryl methyl sites for hydroxylation is 1. The van der Waals surface area contributed by atoms with E-state index in [0.717, 1.165) is 27.2 Å². The van der Waals surface area contributed by atoms with E-state index in [1.165, 1.54) is 23.1 Å². The summed E-state index contributed by atoms with van der Waals surface area (Å²) < 4.78 is 49.1. The fourth-order valence-corrected chi connectivity index (χ4v) is 5.95. The predicted octanol–water partition coefficient (Wildman–Crippen LogP) is 7.97. The van der Waals surface area contributed by atoms with Gasteiger partial charge >= 0.3 is 6.18 Å². The largest absolute Gasteiger partial charge is 0.489 e. The van der Waals surface area contributed by atoms with Gasteiger partial charge in [0, 0.05) is 22.2 Å². The molecular formula is C32H27BrF3N3O2. The van der Waals surface area contributed by atoms with Crippen LogP contribution < -0.4 is 15.4 Å². The van der Waals surface area contributed by atoms with E-state index in [9.17, 15) is 23.2 Å². The van der Waals surface area contributed by atoms with Gasteiger partial charge in [0.25, 0.3) is 0 Å². The lowest BCUT2D eigenvalue weighted by Gasteiger charge is -2.41. The molecule has 1 heterocycles. The van der Waals surface area contributed by atoms with Gasteiger partial charge in [-0.25, -0.2) is 0 Å². The van der Waals surface area contributed by atoms with Crippen molar-refractivity contribution in [2.24, 2.45) is 5.73 Å². The van der Waals surface area contributed by atoms with Crippen molar-refractivity contribution in [3.05, 3.63) is 116 Å². The van der Waals surface area contributed by atoms with E-state index in [-0.39, 0.29) is 35.9 Å². The van der Waals surface area contributed by atoms with Crippen molar-refractivity contribution in [3.8, 4) is 11.8 Å². The van der Waals surface area contributed by atoms with E-state index < -0.39 is 17.7 Å². The average molecular weight is 622 g/mol. The van der Waals surface area contributed by atoms with Crippen LogP contribution in [0.1, 0.15) is 53.0 Å². The Hall–Kier alpha value is -4.03. The molecule has 3 aromatic carbocycles. The molecule has 1 atom stereocenters. The Labute approximate surface area is 244 Å². The summed E-state index contributed by atoms with van der Waals surface area (Å²) in [7, 11) is 0. The lowest BCUT2D eigenvalue weighted by atomic mass is 9.73. The number of nitrogens with two attached hydrogens (primary N) is 1. The van der Waals surface area contributed by atoms with Gasteiger partial charge in [0.05, 0.1) is 28.8 Å². The first kappa shape index (κ1) is 28.5. The third kappa shape index (κ3) is 5.36. The Morgan fingerprint density at radius 3 is 2.49 bits per heavy atom. The zero-order chi connectivity index (χ0) is 29.5. The second-order valence-corrected chi connectivity index (χ2v) is 11.1. The van der Waals surface area contributed by atoms with Crippen molar-refractivity contribution >= 4 is 27.4 Å². The lowest BCUT2D eigenvalue weighted by Crippen LogP contribution is -2.39. The Bertz CT molecular complexity index is 1640. The molecule has 0 saturated carbocycles. The SMILES string of the molecule is Cc1cc(COc2ccc(Br)cc2)c(C)c(C2C(C#N)=C(N)N(c3ccccc3C(F)(F)F)C3=C2C(=O)CCC3)c1. The number of allylic oxidation sites excluding steroid dienone is 3. The van der Waals surface area contributed by atoms with Gasteiger partial charge in [-0.15, -0.1) is 0 Å². The number of rotatable bonds is 5. The Morgan fingerprint density at radius 2 is 1.80 bits per heavy atom. The number of Topliss-reactive ketones (excluding diaryl/α,β-unsaturated/α-hetero) is 1. The van der Waals surface area contributed by atoms with Crippen LogP contribution in [-0.4, -0.2) is 5.78 Å². The number of halogens is 4. The third-order valence-corrected chi connectivity index (χ3v) is 8.11. The van der Waals surface area contributed by atoms with Gasteiger partial charge in [0.2, 0.25) is 0 Å². The number of ether oxygens (including phenoxy) is 1. The maximum Gasteiger partial charge on any atom is 0.418 e. The van der Waals surface area contributed by atoms with Gasteiger partial charge in [-0.2, -0.15) is 18.4 Å². The van der Waals surface area contributed by atoms with Gasteiger partial charge < -0.3 is 10.5 Å². The summed E-state index contributed by atoms with van der Waals surface area (Å²) in [6.45, 7) is 4.07. The van der Waals surface area contributed by atoms with E-state index in [0.29, 0.717) is 35.4 Å². The molecule has 210 valence electrons. The van der Waals surface area contributed by atoms with Crippen LogP contribution in [0.15, 0.2) is 87.8 Å². The van der Waals surface area contributed by atoms with Crippen LogP contribution in [0.5, 0.6) is 5.75 Å². The number of ketones is 1. The molecule has 0 aromatic heterocycles. The minimum atomic E-state index is -4.66. The third-order valence-electron chi connectivity index (χ3n) is 7.58. The standard InChI is InChI=1S/C32H27BrF3N3O2/c1-18-14-20(17-41-22-12-10-21(33)11-13-22)19(2)23(15-18)29-24(16-37)31(38)39(27-8-5-9-28(40)30(27)29)26-7-4-3-6-25(26)32(34,35)36/h3-4,6-7,10-15,29H,5,8-9,17,38H2,1-2H3. The minimum absolute atomic E-state index is 0.0458. The number of carbonyl (C=O) groups is 1. The molecule has 1 aliphatic heterocycles. The smallest absolute Gasteiger partial charge is 0.418 e. The van der Waals surface area contributed by atoms with Crippen molar-refractivity contribution in [2.45, 2.75) is 51.8 Å². The number of anilines is 1. The summed E-state index contributed by atoms with van der Waals surface area (Å²) in [6, 6.07) is 18.6. The van der Waals surface area contributed by atoms with Crippen LogP contribution in [0.25, 0.3) is 0 Å². The van der Waals surface area contributed by atoms with E-state index in [2.05, 4.69) is 22.0 Å². The molecule has 0 spiro atoms. The van der Waals surface area contributed by atoms with Crippen molar-refractivity contribution in [1.29, 1.82) is 5.26 Å². The van der Waals surface area contributed by atoms with Crippen molar-refractivity contribution in [3.63, 3.8) is 0 Å². The number of alkyl halides is 3. The first-order chi connectivity index (χ1) is 19.5. The molecule has 5 rings (SSSR count). The zero-order valence-electron chi connectivity index (χ0n) is 22.5. The summed E-state index contributed by atoms with van der Waals surface area (Å²) >= 11 is 3.41. The highest BCUT2D eigenvalue weighted by Crippen LogP contribution is 2.49. The number of nitriles is 1. The molecule has 0 amide bonds. The molecule has 2 aliphatic rings. The normalized spacial score (nSPS) is 17.4. The van der Waals surface area contributed by atoms with Gasteiger partial charge in [-0.3, -0.25) is 9.69 Å². The number of carbonyl (C=O) groups excluding carboxylic acids is 1. The number of nitrogens with zero attached hydrogens (tertiary/aromatic N) is 2. The Morgan fingerprint density at radius 1 is 1.10 bits per heavy atom. The molecular weight excluding hydrogens is 595 g/mol. The Kier molecular flexibility index (Phi) is 7.71. The molecule has 0 radical (unpaired) electrons. The number of hydrogen-bond acceptors (Lipinski definition) is 5. The topological polar surface area (TPSA) is 79.3 Å². The summed E-state index contributed by atoms with van der Waals surface area (Å²) in [6.07, 6.45) is -3.58. The molecule has 0 bridgehead atoms. The lowest BCUT2D eigenvalue weighted by molar-refractivity contribution is -0.137. The number of hydrogen-bond donors (Lipinski definition) is 1. The molecule has 1 unspecified atom stereocenters. The van der Waals surface area contributed by atoms with E-state index in [1.807, 2.05) is 50.2 Å². The molecule has 3 aromatic rings. The molecule has 2 N–H and O–H groups in total. The van der Waals surface area contributed by atoms with Crippen LogP contribution in [0.2, 0.25) is 0 Å². The van der Waals surface area contributed by atoms with Crippen LogP contribution in [0.4, 0.5) is 18.9 Å². The monoisotopic (exact) mass is 621 g/mol.